The fourth-order valence-electron chi connectivity index (χ4n) is 3.34. The van der Waals surface area contributed by atoms with Crippen molar-refractivity contribution < 1.29 is 9.18 Å². The number of amides is 1. The molecule has 8 heteroatoms. The molecule has 0 fully saturated rings. The minimum absolute atomic E-state index is 0.0678. The Morgan fingerprint density at radius 1 is 1.19 bits per heavy atom. The molecule has 0 N–H and O–H groups in total. The Balaban J connectivity index is 1.70. The van der Waals surface area contributed by atoms with E-state index >= 15 is 0 Å². The molecule has 0 atom stereocenters. The maximum atomic E-state index is 14.5. The van der Waals surface area contributed by atoms with Gasteiger partial charge in [0.15, 0.2) is 5.16 Å². The first-order valence-electron chi connectivity index (χ1n) is 9.74. The van der Waals surface area contributed by atoms with Crippen molar-refractivity contribution in [3.05, 3.63) is 81.7 Å². The number of anilines is 1. The quantitative estimate of drug-likeness (QED) is 0.303. The lowest BCUT2D eigenvalue weighted by Gasteiger charge is -2.21. The zero-order valence-corrected chi connectivity index (χ0v) is 18.7. The molecular weight excluding hydrogens is 433 g/mol. The van der Waals surface area contributed by atoms with Crippen molar-refractivity contribution in [3.63, 3.8) is 0 Å². The normalized spacial score (nSPS) is 11.1. The Morgan fingerprint density at radius 3 is 2.74 bits per heavy atom. The highest BCUT2D eigenvalue weighted by atomic mass is 32.2. The van der Waals surface area contributed by atoms with Gasteiger partial charge in [0, 0.05) is 12.2 Å². The largest absolute Gasteiger partial charge is 0.312 e. The number of hydrogen-bond acceptors (Lipinski definition) is 5. The number of rotatable bonds is 6. The Morgan fingerprint density at radius 2 is 2.00 bits per heavy atom. The number of nitrogens with zero attached hydrogens (tertiary/aromatic N) is 3. The van der Waals surface area contributed by atoms with Gasteiger partial charge in [-0.1, -0.05) is 36.0 Å². The van der Waals surface area contributed by atoms with Gasteiger partial charge in [-0.15, -0.1) is 11.3 Å². The molecule has 158 valence electrons. The third-order valence-corrected chi connectivity index (χ3v) is 6.61. The molecule has 2 aromatic carbocycles. The van der Waals surface area contributed by atoms with E-state index in [1.54, 1.807) is 28.5 Å². The highest BCUT2D eigenvalue weighted by Gasteiger charge is 2.20. The van der Waals surface area contributed by atoms with Gasteiger partial charge in [0.1, 0.15) is 10.5 Å². The van der Waals surface area contributed by atoms with E-state index in [0.29, 0.717) is 16.8 Å². The third kappa shape index (κ3) is 4.26. The first kappa shape index (κ1) is 21.3. The van der Waals surface area contributed by atoms with Crippen molar-refractivity contribution in [2.45, 2.75) is 19.0 Å². The van der Waals surface area contributed by atoms with Crippen molar-refractivity contribution in [2.75, 3.05) is 17.2 Å². The van der Waals surface area contributed by atoms with Crippen LogP contribution in [0.15, 0.2) is 69.9 Å². The average Bonchev–Trinajstić information content (AvgIpc) is 3.23. The van der Waals surface area contributed by atoms with Crippen molar-refractivity contribution in [3.8, 4) is 5.69 Å². The second kappa shape index (κ2) is 9.03. The molecule has 2 aromatic heterocycles. The lowest BCUT2D eigenvalue weighted by Crippen LogP contribution is -2.32. The molecule has 2 heterocycles. The van der Waals surface area contributed by atoms with Gasteiger partial charge in [0.2, 0.25) is 5.91 Å². The summed E-state index contributed by atoms with van der Waals surface area (Å²) in [7, 11) is 0. The lowest BCUT2D eigenvalue weighted by atomic mass is 10.2. The van der Waals surface area contributed by atoms with E-state index in [2.05, 4.69) is 4.98 Å². The Kier molecular flexibility index (Phi) is 6.20. The van der Waals surface area contributed by atoms with Crippen LogP contribution in [0, 0.1) is 12.7 Å². The molecule has 0 saturated carbocycles. The molecule has 0 unspecified atom stereocenters. The molecule has 31 heavy (non-hydrogen) atoms. The fourth-order valence-corrected chi connectivity index (χ4v) is 4.98. The van der Waals surface area contributed by atoms with Crippen molar-refractivity contribution in [1.29, 1.82) is 0 Å². The summed E-state index contributed by atoms with van der Waals surface area (Å²) in [6.07, 6.45) is 0. The number of carbonyl (C=O) groups excluding carboxylic acids is 1. The van der Waals surface area contributed by atoms with Crippen LogP contribution in [0.4, 0.5) is 10.1 Å². The number of fused-ring (bicyclic) bond motifs is 1. The number of aromatic nitrogens is 2. The topological polar surface area (TPSA) is 55.2 Å². The van der Waals surface area contributed by atoms with Crippen LogP contribution in [0.1, 0.15) is 12.5 Å². The molecule has 0 aliphatic heterocycles. The molecule has 4 rings (SSSR count). The van der Waals surface area contributed by atoms with Gasteiger partial charge in [-0.05, 0) is 55.1 Å². The number of thioether (sulfide) groups is 1. The smallest absolute Gasteiger partial charge is 0.276 e. The highest BCUT2D eigenvalue weighted by Crippen LogP contribution is 2.26. The molecule has 5 nitrogen and oxygen atoms in total. The summed E-state index contributed by atoms with van der Waals surface area (Å²) in [5.74, 6) is -0.568. The summed E-state index contributed by atoms with van der Waals surface area (Å²) in [5, 5.41) is 2.07. The summed E-state index contributed by atoms with van der Waals surface area (Å²) in [6.45, 7) is 4.40. The number of para-hydroxylation sites is 1. The van der Waals surface area contributed by atoms with Gasteiger partial charge in [0.25, 0.3) is 5.56 Å². The average molecular weight is 454 g/mol. The minimum Gasteiger partial charge on any atom is -0.312 e. The zero-order chi connectivity index (χ0) is 22.0. The van der Waals surface area contributed by atoms with Gasteiger partial charge >= 0.3 is 0 Å². The minimum atomic E-state index is -0.523. The number of benzene rings is 2. The van der Waals surface area contributed by atoms with Crippen LogP contribution in [0.2, 0.25) is 0 Å². The highest BCUT2D eigenvalue weighted by molar-refractivity contribution is 7.99. The van der Waals surface area contributed by atoms with E-state index in [1.165, 1.54) is 28.0 Å². The predicted molar refractivity (Wildman–Crippen MR) is 125 cm³/mol. The fraction of sp³-hybridized carbons (Fsp3) is 0.174. The molecule has 0 bridgehead atoms. The van der Waals surface area contributed by atoms with E-state index in [1.807, 2.05) is 38.1 Å². The molecule has 0 spiro atoms. The molecule has 1 amide bonds. The van der Waals surface area contributed by atoms with Crippen molar-refractivity contribution in [2.24, 2.45) is 0 Å². The summed E-state index contributed by atoms with van der Waals surface area (Å²) in [4.78, 5) is 32.4. The van der Waals surface area contributed by atoms with Crippen LogP contribution in [-0.4, -0.2) is 27.8 Å². The van der Waals surface area contributed by atoms with E-state index < -0.39 is 5.82 Å². The van der Waals surface area contributed by atoms with Gasteiger partial charge in [-0.25, -0.2) is 9.37 Å². The number of carbonyl (C=O) groups is 1. The maximum absolute atomic E-state index is 14.5. The summed E-state index contributed by atoms with van der Waals surface area (Å²) in [6, 6.07) is 15.6. The second-order valence-electron chi connectivity index (χ2n) is 6.89. The van der Waals surface area contributed by atoms with Crippen LogP contribution in [0.5, 0.6) is 0 Å². The molecule has 0 aliphatic rings. The molecule has 0 radical (unpaired) electrons. The summed E-state index contributed by atoms with van der Waals surface area (Å²) in [5.41, 5.74) is 2.21. The van der Waals surface area contributed by atoms with Crippen LogP contribution in [0.3, 0.4) is 0 Å². The van der Waals surface area contributed by atoms with Crippen molar-refractivity contribution in [1.82, 2.24) is 9.55 Å². The molecular formula is C23H20FN3O2S2. The monoisotopic (exact) mass is 453 g/mol. The SMILES string of the molecule is CCN(C(=O)CSc1nc2ccsc2c(=O)n1-c1ccccc1F)c1cccc(C)c1. The molecule has 0 aliphatic carbocycles. The number of halogens is 1. The summed E-state index contributed by atoms with van der Waals surface area (Å²) >= 11 is 2.40. The van der Waals surface area contributed by atoms with Gasteiger partial charge < -0.3 is 4.90 Å². The Bertz CT molecular complexity index is 1320. The Labute approximate surface area is 187 Å². The lowest BCUT2D eigenvalue weighted by molar-refractivity contribution is -0.116. The van der Waals surface area contributed by atoms with Gasteiger partial charge in [-0.3, -0.25) is 14.2 Å². The van der Waals surface area contributed by atoms with E-state index in [4.69, 9.17) is 0 Å². The van der Waals surface area contributed by atoms with Crippen LogP contribution in [-0.2, 0) is 4.79 Å². The van der Waals surface area contributed by atoms with E-state index in [9.17, 15) is 14.0 Å². The van der Waals surface area contributed by atoms with Gasteiger partial charge in [0.05, 0.1) is 17.0 Å². The first-order valence-corrected chi connectivity index (χ1v) is 11.6. The van der Waals surface area contributed by atoms with Gasteiger partial charge in [-0.2, -0.15) is 0 Å². The Hall–Kier alpha value is -2.97. The summed E-state index contributed by atoms with van der Waals surface area (Å²) < 4.78 is 16.2. The van der Waals surface area contributed by atoms with Crippen LogP contribution in [0.25, 0.3) is 15.9 Å². The van der Waals surface area contributed by atoms with E-state index in [-0.39, 0.29) is 28.1 Å². The zero-order valence-electron chi connectivity index (χ0n) is 17.0. The third-order valence-electron chi connectivity index (χ3n) is 4.80. The molecule has 4 aromatic rings. The first-order chi connectivity index (χ1) is 15.0. The second-order valence-corrected chi connectivity index (χ2v) is 8.75. The maximum Gasteiger partial charge on any atom is 0.276 e. The van der Waals surface area contributed by atoms with Crippen LogP contribution >= 0.6 is 23.1 Å². The standard InChI is InChI=1S/C23H20FN3O2S2/c1-3-26(16-8-6-7-15(2)13-16)20(28)14-31-23-25-18-11-12-30-21(18)22(29)27(23)19-10-5-4-9-17(19)24/h4-13H,3,14H2,1-2H3. The van der Waals surface area contributed by atoms with Crippen LogP contribution < -0.4 is 10.5 Å². The van der Waals surface area contributed by atoms with Crippen molar-refractivity contribution >= 4 is 44.9 Å². The number of thiophene rings is 1. The number of hydrogen-bond donors (Lipinski definition) is 0. The molecule has 0 saturated heterocycles. The predicted octanol–water partition coefficient (Wildman–Crippen LogP) is 5.04. The number of aryl methyl sites for hydroxylation is 1. The van der Waals surface area contributed by atoms with E-state index in [0.717, 1.165) is 23.0 Å².